The van der Waals surface area contributed by atoms with Crippen molar-refractivity contribution in [2.75, 3.05) is 13.1 Å². The standard InChI is InChI=1S/C26H30N2O5/c1-2-15-12-20(30)28(24(15)31)17-7-8-26(32)19-11-16-5-6-18(29)22-21(16)25(26,23(17)33-22)9-10-27(19)13-14-3-4-14/h2,5-6,14,17,19,23,29,32H,3-4,7-13H2,1H3/b15-2+/t17-,19-,23+,25+,26-/m1/s1. The Kier molecular flexibility index (Phi) is 3.88. The molecule has 5 atom stereocenters. The second kappa shape index (κ2) is 6.39. The Morgan fingerprint density at radius 1 is 1.21 bits per heavy atom. The largest absolute Gasteiger partial charge is 0.504 e. The molecule has 2 saturated carbocycles. The van der Waals surface area contributed by atoms with E-state index in [4.69, 9.17) is 4.74 Å². The number of carbonyl (C=O) groups is 2. The first kappa shape index (κ1) is 20.0. The summed E-state index contributed by atoms with van der Waals surface area (Å²) in [6, 6.07) is 3.20. The molecule has 1 spiro atoms. The van der Waals surface area contributed by atoms with E-state index in [0.717, 1.165) is 36.6 Å². The van der Waals surface area contributed by atoms with Crippen molar-refractivity contribution in [1.82, 2.24) is 9.80 Å². The molecule has 7 nitrogen and oxygen atoms in total. The molecule has 0 radical (unpaired) electrons. The summed E-state index contributed by atoms with van der Waals surface area (Å²) in [5.74, 6) is 0.817. The normalized spacial score (nSPS) is 40.4. The molecular formula is C26H30N2O5. The van der Waals surface area contributed by atoms with Gasteiger partial charge in [0.2, 0.25) is 5.91 Å². The van der Waals surface area contributed by atoms with Gasteiger partial charge in [0.05, 0.1) is 23.5 Å². The zero-order valence-electron chi connectivity index (χ0n) is 18.9. The molecule has 2 bridgehead atoms. The first-order valence-electron chi connectivity index (χ1n) is 12.4. The van der Waals surface area contributed by atoms with E-state index >= 15 is 0 Å². The third kappa shape index (κ3) is 2.32. The number of piperidine rings is 1. The minimum absolute atomic E-state index is 0.0158. The third-order valence-corrected chi connectivity index (χ3v) is 9.52. The Balaban J connectivity index is 1.38. The predicted molar refractivity (Wildman–Crippen MR) is 119 cm³/mol. The quantitative estimate of drug-likeness (QED) is 0.541. The number of benzene rings is 1. The Morgan fingerprint density at radius 2 is 2.03 bits per heavy atom. The number of allylic oxidation sites excluding steroid dienone is 1. The maximum absolute atomic E-state index is 13.1. The highest BCUT2D eigenvalue weighted by Crippen LogP contribution is 2.66. The first-order valence-corrected chi connectivity index (χ1v) is 12.4. The number of phenolic OH excluding ortho intramolecular Hbond substituents is 1. The van der Waals surface area contributed by atoms with Crippen LogP contribution in [0.3, 0.4) is 0 Å². The molecule has 3 aliphatic carbocycles. The molecule has 2 amide bonds. The SMILES string of the molecule is C/C=C1\CC(=O)N([C@@H]2CC[C@@]3(O)[C@H]4Cc5ccc(O)c6c5[C@@]3(CCN4CC3CC3)[C@H]2O6)C1=O. The molecule has 2 N–H and O–H groups in total. The van der Waals surface area contributed by atoms with Gasteiger partial charge >= 0.3 is 0 Å². The number of amides is 2. The van der Waals surface area contributed by atoms with Gasteiger partial charge in [-0.05, 0) is 69.5 Å². The van der Waals surface area contributed by atoms with Crippen LogP contribution in [0, 0.1) is 5.92 Å². The number of hydrogen-bond acceptors (Lipinski definition) is 6. The van der Waals surface area contributed by atoms with E-state index in [-0.39, 0.29) is 30.0 Å². The Hall–Kier alpha value is -2.38. The second-order valence-electron chi connectivity index (χ2n) is 11.0. The van der Waals surface area contributed by atoms with Gasteiger partial charge in [0, 0.05) is 23.7 Å². The number of rotatable bonds is 3. The minimum atomic E-state index is -1.01. The zero-order valence-corrected chi connectivity index (χ0v) is 18.9. The molecular weight excluding hydrogens is 420 g/mol. The van der Waals surface area contributed by atoms with Crippen LogP contribution in [-0.4, -0.2) is 68.7 Å². The highest BCUT2D eigenvalue weighted by atomic mass is 16.5. The number of aliphatic hydroxyl groups is 1. The smallest absolute Gasteiger partial charge is 0.256 e. The van der Waals surface area contributed by atoms with Gasteiger partial charge < -0.3 is 14.9 Å². The average Bonchev–Trinajstić information content (AvgIpc) is 3.46. The highest BCUT2D eigenvalue weighted by molar-refractivity contribution is 6.13. The predicted octanol–water partition coefficient (Wildman–Crippen LogP) is 2.03. The van der Waals surface area contributed by atoms with Crippen molar-refractivity contribution in [1.29, 1.82) is 0 Å². The monoisotopic (exact) mass is 450 g/mol. The summed E-state index contributed by atoms with van der Waals surface area (Å²) < 4.78 is 6.50. The van der Waals surface area contributed by atoms with E-state index in [1.807, 2.05) is 6.07 Å². The van der Waals surface area contributed by atoms with E-state index in [9.17, 15) is 19.8 Å². The van der Waals surface area contributed by atoms with Crippen LogP contribution in [0.25, 0.3) is 0 Å². The lowest BCUT2D eigenvalue weighted by Gasteiger charge is -2.64. The van der Waals surface area contributed by atoms with Crippen molar-refractivity contribution >= 4 is 11.8 Å². The van der Waals surface area contributed by atoms with Gasteiger partial charge in [-0.25, -0.2) is 0 Å². The van der Waals surface area contributed by atoms with Crippen LogP contribution in [-0.2, 0) is 21.4 Å². The van der Waals surface area contributed by atoms with Crippen molar-refractivity contribution in [3.63, 3.8) is 0 Å². The fourth-order valence-electron chi connectivity index (χ4n) is 7.87. The van der Waals surface area contributed by atoms with Crippen LogP contribution < -0.4 is 4.74 Å². The molecule has 1 aromatic rings. The van der Waals surface area contributed by atoms with Crippen LogP contribution in [0.5, 0.6) is 11.5 Å². The van der Waals surface area contributed by atoms with Crippen LogP contribution in [0.4, 0.5) is 0 Å². The highest BCUT2D eigenvalue weighted by Gasteiger charge is 2.74. The topological polar surface area (TPSA) is 90.3 Å². The van der Waals surface area contributed by atoms with Crippen molar-refractivity contribution in [2.45, 2.75) is 81.1 Å². The van der Waals surface area contributed by atoms with Crippen LogP contribution in [0.1, 0.15) is 56.6 Å². The molecule has 7 heteroatoms. The Morgan fingerprint density at radius 3 is 2.76 bits per heavy atom. The summed E-state index contributed by atoms with van der Waals surface area (Å²) in [5, 5.41) is 23.2. The number of nitrogens with zero attached hydrogens (tertiary/aromatic N) is 2. The maximum atomic E-state index is 13.1. The van der Waals surface area contributed by atoms with Crippen LogP contribution in [0.2, 0.25) is 0 Å². The fourth-order valence-corrected chi connectivity index (χ4v) is 7.87. The summed E-state index contributed by atoms with van der Waals surface area (Å²) in [7, 11) is 0. The molecule has 0 unspecified atom stereocenters. The van der Waals surface area contributed by atoms with E-state index in [1.165, 1.54) is 17.7 Å². The molecule has 1 aromatic carbocycles. The Bertz CT molecular complexity index is 1130. The summed E-state index contributed by atoms with van der Waals surface area (Å²) in [5.41, 5.74) is 0.837. The molecule has 3 heterocycles. The van der Waals surface area contributed by atoms with Gasteiger partial charge in [-0.3, -0.25) is 19.4 Å². The number of hydrogen-bond donors (Lipinski definition) is 2. The summed E-state index contributed by atoms with van der Waals surface area (Å²) >= 11 is 0. The lowest BCUT2D eigenvalue weighted by atomic mass is 9.48. The fraction of sp³-hybridized carbons (Fsp3) is 0.615. The lowest BCUT2D eigenvalue weighted by molar-refractivity contribution is -0.201. The molecule has 33 heavy (non-hydrogen) atoms. The number of phenols is 1. The number of likely N-dealkylation sites (tertiary alicyclic amines) is 2. The van der Waals surface area contributed by atoms with E-state index in [0.29, 0.717) is 30.6 Å². The zero-order chi connectivity index (χ0) is 22.7. The van der Waals surface area contributed by atoms with E-state index < -0.39 is 23.2 Å². The molecule has 0 aromatic heterocycles. The molecule has 2 saturated heterocycles. The number of aromatic hydroxyl groups is 1. The van der Waals surface area contributed by atoms with Crippen molar-refractivity contribution in [3.8, 4) is 11.5 Å². The first-order chi connectivity index (χ1) is 15.9. The van der Waals surface area contributed by atoms with E-state index in [1.54, 1.807) is 19.1 Å². The number of carbonyl (C=O) groups excluding carboxylic acids is 2. The van der Waals surface area contributed by atoms with Gasteiger partial charge in [0.1, 0.15) is 6.10 Å². The average molecular weight is 451 g/mol. The molecule has 4 fully saturated rings. The Labute approximate surface area is 193 Å². The van der Waals surface area contributed by atoms with Gasteiger partial charge in [0.25, 0.3) is 5.91 Å². The number of imide groups is 1. The summed E-state index contributed by atoms with van der Waals surface area (Å²) in [4.78, 5) is 30.0. The van der Waals surface area contributed by atoms with Gasteiger partial charge in [-0.2, -0.15) is 0 Å². The van der Waals surface area contributed by atoms with Crippen molar-refractivity contribution < 1.29 is 24.5 Å². The third-order valence-electron chi connectivity index (χ3n) is 9.52. The van der Waals surface area contributed by atoms with E-state index in [2.05, 4.69) is 4.90 Å². The second-order valence-corrected chi connectivity index (χ2v) is 11.0. The number of ether oxygens (including phenoxy) is 1. The molecule has 174 valence electrons. The van der Waals surface area contributed by atoms with Crippen molar-refractivity contribution in [3.05, 3.63) is 34.9 Å². The van der Waals surface area contributed by atoms with Crippen molar-refractivity contribution in [2.24, 2.45) is 5.92 Å². The summed E-state index contributed by atoms with van der Waals surface area (Å²) in [6.07, 6.45) is 6.28. The van der Waals surface area contributed by atoms with Gasteiger partial charge in [-0.1, -0.05) is 12.1 Å². The lowest BCUT2D eigenvalue weighted by Crippen LogP contribution is -2.78. The molecule has 7 rings (SSSR count). The molecule has 3 aliphatic heterocycles. The van der Waals surface area contributed by atoms with Crippen LogP contribution >= 0.6 is 0 Å². The maximum Gasteiger partial charge on any atom is 0.256 e. The van der Waals surface area contributed by atoms with Gasteiger partial charge in [-0.15, -0.1) is 0 Å². The minimum Gasteiger partial charge on any atom is -0.504 e. The van der Waals surface area contributed by atoms with Gasteiger partial charge in [0.15, 0.2) is 11.5 Å². The summed E-state index contributed by atoms with van der Waals surface area (Å²) in [6.45, 7) is 3.66. The van der Waals surface area contributed by atoms with Crippen LogP contribution in [0.15, 0.2) is 23.8 Å². The molecule has 6 aliphatic rings.